The van der Waals surface area contributed by atoms with Crippen molar-refractivity contribution in [2.45, 2.75) is 44.1 Å². The quantitative estimate of drug-likeness (QED) is 0.278. The Morgan fingerprint density at radius 1 is 1.19 bits per heavy atom. The summed E-state index contributed by atoms with van der Waals surface area (Å²) in [5, 5.41) is 0. The smallest absolute Gasteiger partial charge is 0.418 e. The van der Waals surface area contributed by atoms with E-state index in [2.05, 4.69) is 21.3 Å². The number of carbonyl (C=O) groups is 1. The van der Waals surface area contributed by atoms with E-state index in [0.717, 1.165) is 37.1 Å². The summed E-state index contributed by atoms with van der Waals surface area (Å²) in [6, 6.07) is 2.66. The van der Waals surface area contributed by atoms with E-state index in [1.165, 1.54) is 6.08 Å². The van der Waals surface area contributed by atoms with Crippen molar-refractivity contribution in [3.63, 3.8) is 0 Å². The van der Waals surface area contributed by atoms with Crippen LogP contribution in [0.3, 0.4) is 0 Å². The molecule has 13 heteroatoms. The van der Waals surface area contributed by atoms with E-state index in [0.29, 0.717) is 50.2 Å². The number of nitrogens with zero attached hydrogens (tertiary/aromatic N) is 7. The third-order valence-electron chi connectivity index (χ3n) is 8.25. The first-order chi connectivity index (χ1) is 20.1. The number of alkyl halides is 3. The molecular formula is C29H33F4N7O2. The number of halogens is 4. The zero-order valence-corrected chi connectivity index (χ0v) is 23.4. The van der Waals surface area contributed by atoms with E-state index in [1.54, 1.807) is 9.80 Å². The van der Waals surface area contributed by atoms with Crippen LogP contribution in [0.15, 0.2) is 30.9 Å². The highest BCUT2D eigenvalue weighted by Crippen LogP contribution is 2.39. The number of benzene rings is 1. The number of anilines is 2. The summed E-state index contributed by atoms with van der Waals surface area (Å²) in [5.74, 6) is -0.595. The first-order valence-electron chi connectivity index (χ1n) is 13.9. The van der Waals surface area contributed by atoms with Crippen LogP contribution in [-0.2, 0) is 23.9 Å². The molecule has 2 fully saturated rings. The largest absolute Gasteiger partial charge is 0.462 e. The van der Waals surface area contributed by atoms with Crippen LogP contribution in [0, 0.1) is 12.4 Å². The van der Waals surface area contributed by atoms with Gasteiger partial charge >= 0.3 is 12.2 Å². The Balaban J connectivity index is 1.48. The lowest BCUT2D eigenvalue weighted by Gasteiger charge is -2.41. The molecule has 3 aliphatic rings. The molecule has 0 radical (unpaired) electrons. The summed E-state index contributed by atoms with van der Waals surface area (Å²) in [4.78, 5) is 32.8. The third-order valence-corrected chi connectivity index (χ3v) is 8.25. The minimum atomic E-state index is -4.73. The minimum absolute atomic E-state index is 0.0552. The molecule has 5 rings (SSSR count). The van der Waals surface area contributed by atoms with Crippen LogP contribution in [0.25, 0.3) is 4.85 Å². The number of amides is 1. The molecule has 0 N–H and O–H groups in total. The van der Waals surface area contributed by atoms with Crippen molar-refractivity contribution in [3.05, 3.63) is 64.9 Å². The summed E-state index contributed by atoms with van der Waals surface area (Å²) < 4.78 is 61.4. The normalized spacial score (nSPS) is 21.2. The number of piperazine rings is 1. The number of fused-ring (bicyclic) bond motifs is 1. The second kappa shape index (κ2) is 12.1. The molecule has 224 valence electrons. The maximum absolute atomic E-state index is 13.8. The molecule has 2 aromatic rings. The second-order valence-corrected chi connectivity index (χ2v) is 10.8. The van der Waals surface area contributed by atoms with E-state index in [9.17, 15) is 22.4 Å². The lowest BCUT2D eigenvalue weighted by Crippen LogP contribution is -2.56. The van der Waals surface area contributed by atoms with Crippen molar-refractivity contribution in [3.8, 4) is 6.01 Å². The van der Waals surface area contributed by atoms with Crippen LogP contribution in [0.4, 0.5) is 29.1 Å². The van der Waals surface area contributed by atoms with E-state index < -0.39 is 17.6 Å². The Kier molecular flexibility index (Phi) is 8.54. The summed E-state index contributed by atoms with van der Waals surface area (Å²) in [6.07, 6.45) is -1.10. The van der Waals surface area contributed by atoms with Crippen LogP contribution >= 0.6 is 0 Å². The molecule has 0 bridgehead atoms. The van der Waals surface area contributed by atoms with Gasteiger partial charge in [-0.3, -0.25) is 4.79 Å². The highest BCUT2D eigenvalue weighted by molar-refractivity contribution is 5.87. The Morgan fingerprint density at radius 3 is 2.69 bits per heavy atom. The Hall–Kier alpha value is -3.92. The monoisotopic (exact) mass is 587 g/mol. The minimum Gasteiger partial charge on any atom is -0.462 e. The fourth-order valence-corrected chi connectivity index (χ4v) is 6.01. The lowest BCUT2D eigenvalue weighted by molar-refractivity contribution is -0.137. The number of likely N-dealkylation sites (N-methyl/N-ethyl adjacent to an activating group) is 1. The molecule has 1 amide bonds. The highest BCUT2D eigenvalue weighted by atomic mass is 19.4. The summed E-state index contributed by atoms with van der Waals surface area (Å²) >= 11 is 0. The summed E-state index contributed by atoms with van der Waals surface area (Å²) in [6.45, 7) is 13.9. The molecular weight excluding hydrogens is 554 g/mol. The first-order valence-corrected chi connectivity index (χ1v) is 13.9. The number of aromatic nitrogens is 2. The van der Waals surface area contributed by atoms with Crippen molar-refractivity contribution in [2.75, 3.05) is 62.7 Å². The highest BCUT2D eigenvalue weighted by Gasteiger charge is 2.38. The molecule has 0 spiro atoms. The van der Waals surface area contributed by atoms with Crippen molar-refractivity contribution in [2.24, 2.45) is 0 Å². The van der Waals surface area contributed by atoms with Gasteiger partial charge in [-0.1, -0.05) is 6.58 Å². The number of hydrogen-bond donors (Lipinski definition) is 0. The van der Waals surface area contributed by atoms with Crippen LogP contribution < -0.4 is 14.5 Å². The number of ether oxygens (including phenoxy) is 1. The maximum Gasteiger partial charge on any atom is 0.418 e. The molecule has 0 aliphatic carbocycles. The molecule has 9 nitrogen and oxygen atoms in total. The number of likely N-dealkylation sites (tertiary alicyclic amines) is 1. The average Bonchev–Trinajstić information content (AvgIpc) is 3.39. The fourth-order valence-electron chi connectivity index (χ4n) is 6.01. The third kappa shape index (κ3) is 6.13. The molecule has 2 atom stereocenters. The predicted molar refractivity (Wildman–Crippen MR) is 149 cm³/mol. The zero-order chi connectivity index (χ0) is 30.0. The van der Waals surface area contributed by atoms with Gasteiger partial charge in [-0.2, -0.15) is 23.1 Å². The Morgan fingerprint density at radius 2 is 2.00 bits per heavy atom. The molecule has 3 aliphatic heterocycles. The van der Waals surface area contributed by atoms with Gasteiger partial charge in [0.2, 0.25) is 12.5 Å². The van der Waals surface area contributed by atoms with E-state index >= 15 is 0 Å². The maximum atomic E-state index is 13.8. The van der Waals surface area contributed by atoms with Gasteiger partial charge in [-0.25, -0.2) is 11.0 Å². The van der Waals surface area contributed by atoms with Crippen LogP contribution in [0.1, 0.15) is 29.7 Å². The van der Waals surface area contributed by atoms with Gasteiger partial charge in [0.1, 0.15) is 24.3 Å². The summed E-state index contributed by atoms with van der Waals surface area (Å²) in [7, 11) is 2.03. The van der Waals surface area contributed by atoms with Gasteiger partial charge in [0.05, 0.1) is 17.8 Å². The zero-order valence-electron chi connectivity index (χ0n) is 23.4. The molecule has 0 saturated carbocycles. The number of carbonyl (C=O) groups excluding carboxylic acids is 1. The van der Waals surface area contributed by atoms with E-state index in [4.69, 9.17) is 16.3 Å². The van der Waals surface area contributed by atoms with Crippen LogP contribution in [-0.4, -0.2) is 90.7 Å². The summed E-state index contributed by atoms with van der Waals surface area (Å²) in [5.41, 5.74) is 0.173. The molecule has 0 unspecified atom stereocenters. The van der Waals surface area contributed by atoms with Gasteiger partial charge in [-0.15, -0.1) is 0 Å². The van der Waals surface area contributed by atoms with E-state index in [-0.39, 0.29) is 49.3 Å². The molecule has 4 heterocycles. The van der Waals surface area contributed by atoms with Gasteiger partial charge in [0.15, 0.2) is 0 Å². The van der Waals surface area contributed by atoms with E-state index in [1.807, 2.05) is 11.9 Å². The molecule has 2 saturated heterocycles. The molecule has 42 heavy (non-hydrogen) atoms. The van der Waals surface area contributed by atoms with Crippen LogP contribution in [0.2, 0.25) is 0 Å². The van der Waals surface area contributed by atoms with Crippen molar-refractivity contribution < 1.29 is 27.1 Å². The molecule has 1 aromatic heterocycles. The second-order valence-electron chi connectivity index (χ2n) is 10.8. The van der Waals surface area contributed by atoms with Crippen LogP contribution in [0.5, 0.6) is 6.01 Å². The Bertz CT molecular complexity index is 1380. The number of hydrogen-bond acceptors (Lipinski definition) is 7. The lowest BCUT2D eigenvalue weighted by atomic mass is 10.0. The number of rotatable bonds is 7. The topological polar surface area (TPSA) is 69.4 Å². The predicted octanol–water partition coefficient (Wildman–Crippen LogP) is 3.79. The average molecular weight is 588 g/mol. The van der Waals surface area contributed by atoms with Crippen molar-refractivity contribution >= 4 is 17.4 Å². The molecule has 1 aromatic carbocycles. The van der Waals surface area contributed by atoms with Gasteiger partial charge in [0.25, 0.3) is 0 Å². The van der Waals surface area contributed by atoms with Gasteiger partial charge in [-0.05, 0) is 57.1 Å². The first kappa shape index (κ1) is 29.6. The Labute approximate surface area is 242 Å². The SMILES string of the molecule is [C-]#[N+]C[C@H]1CN(c2nc(OC[C@@H]3CCCN3C)nc3c2CCN(c2ccc(F)cc2C(F)(F)F)C3)CCN1C(=O)C=C. The van der Waals surface area contributed by atoms with Gasteiger partial charge < -0.3 is 29.2 Å². The van der Waals surface area contributed by atoms with Crippen molar-refractivity contribution in [1.82, 2.24) is 19.8 Å². The fraction of sp³-hybridized carbons (Fsp3) is 0.517. The van der Waals surface area contributed by atoms with Crippen molar-refractivity contribution in [1.29, 1.82) is 0 Å². The standard InChI is InChI=1S/C29H33F4N7O2/c1-4-26(41)40-13-12-39(16-21(40)15-34-2)27-22-9-11-38(25-8-7-19(30)14-23(25)29(31,32)33)17-24(22)35-28(36-27)42-18-20-6-5-10-37(20)3/h4,7-8,14,20-21H,1,5-6,9-13,15-18H2,3H3/t20-,21-/m0/s1. The van der Waals surface area contributed by atoms with Gasteiger partial charge in [0, 0.05) is 43.5 Å².